The molecule has 2 aromatic rings. The molecule has 8 nitrogen and oxygen atoms in total. The molecule has 2 aromatic carbocycles. The Morgan fingerprint density at radius 1 is 0.857 bits per heavy atom. The molecule has 0 heterocycles. The first-order chi connectivity index (χ1) is 13.3. The van der Waals surface area contributed by atoms with E-state index in [9.17, 15) is 14.4 Å². The molecular weight excluding hydrogens is 360 g/mol. The highest BCUT2D eigenvalue weighted by Gasteiger charge is 2.09. The molecule has 3 N–H and O–H groups in total. The van der Waals surface area contributed by atoms with Gasteiger partial charge in [0.25, 0.3) is 11.8 Å². The predicted molar refractivity (Wildman–Crippen MR) is 107 cm³/mol. The summed E-state index contributed by atoms with van der Waals surface area (Å²) in [5.74, 6) is -1.39. The zero-order chi connectivity index (χ0) is 20.5. The lowest BCUT2D eigenvalue weighted by atomic mass is 10.2. The normalized spacial score (nSPS) is 10.1. The summed E-state index contributed by atoms with van der Waals surface area (Å²) in [6.45, 7) is 1.31. The maximum atomic E-state index is 12.0. The number of benzene rings is 2. The number of nitrogens with zero attached hydrogens (tertiary/aromatic N) is 1. The molecule has 0 aliphatic carbocycles. The maximum absolute atomic E-state index is 12.0. The summed E-state index contributed by atoms with van der Waals surface area (Å²) in [7, 11) is 3.80. The van der Waals surface area contributed by atoms with Crippen LogP contribution in [0.4, 0.5) is 11.4 Å². The van der Waals surface area contributed by atoms with Crippen LogP contribution in [0.3, 0.4) is 0 Å². The molecule has 0 saturated carbocycles. The van der Waals surface area contributed by atoms with Crippen LogP contribution in [0.25, 0.3) is 0 Å². The zero-order valence-corrected chi connectivity index (χ0v) is 16.1. The Balaban J connectivity index is 1.67. The molecule has 3 amide bonds. The van der Waals surface area contributed by atoms with Crippen LogP contribution in [0, 0.1) is 6.92 Å². The van der Waals surface area contributed by atoms with E-state index in [4.69, 9.17) is 4.74 Å². The molecule has 2 rings (SSSR count). The number of hydrogen-bond donors (Lipinski definition) is 3. The van der Waals surface area contributed by atoms with Gasteiger partial charge in [-0.25, -0.2) is 0 Å². The minimum Gasteiger partial charge on any atom is -0.378 e. The van der Waals surface area contributed by atoms with E-state index in [-0.39, 0.29) is 19.1 Å². The summed E-state index contributed by atoms with van der Waals surface area (Å²) < 4.78 is 5.05. The third kappa shape index (κ3) is 6.73. The van der Waals surface area contributed by atoms with Crippen molar-refractivity contribution < 1.29 is 19.1 Å². The van der Waals surface area contributed by atoms with Crippen molar-refractivity contribution in [1.29, 1.82) is 0 Å². The second-order valence-corrected chi connectivity index (χ2v) is 6.35. The fourth-order valence-corrected chi connectivity index (χ4v) is 2.22. The number of hydrazine groups is 1. The summed E-state index contributed by atoms with van der Waals surface area (Å²) in [5, 5.41) is 2.66. The largest absolute Gasteiger partial charge is 0.378 e. The number of anilines is 2. The third-order valence-corrected chi connectivity index (χ3v) is 3.76. The van der Waals surface area contributed by atoms with Crippen molar-refractivity contribution in [3.05, 3.63) is 59.7 Å². The van der Waals surface area contributed by atoms with Gasteiger partial charge in [0.1, 0.15) is 13.2 Å². The van der Waals surface area contributed by atoms with Crippen molar-refractivity contribution in [3.63, 3.8) is 0 Å². The maximum Gasteiger partial charge on any atom is 0.269 e. The number of nitrogens with one attached hydrogen (secondary N) is 3. The van der Waals surface area contributed by atoms with E-state index in [1.807, 2.05) is 38.1 Å². The van der Waals surface area contributed by atoms with Crippen LogP contribution in [0.2, 0.25) is 0 Å². The lowest BCUT2D eigenvalue weighted by molar-refractivity contribution is -0.129. The van der Waals surface area contributed by atoms with E-state index < -0.39 is 11.8 Å². The van der Waals surface area contributed by atoms with E-state index in [1.54, 1.807) is 36.4 Å². The molecule has 0 unspecified atom stereocenters. The van der Waals surface area contributed by atoms with Gasteiger partial charge in [-0.05, 0) is 43.3 Å². The van der Waals surface area contributed by atoms with Crippen molar-refractivity contribution in [2.75, 3.05) is 37.5 Å². The Kier molecular flexibility index (Phi) is 7.53. The van der Waals surface area contributed by atoms with Crippen LogP contribution in [0.1, 0.15) is 15.9 Å². The molecule has 0 fully saturated rings. The predicted octanol–water partition coefficient (Wildman–Crippen LogP) is 1.48. The number of aryl methyl sites for hydroxylation is 1. The molecule has 148 valence electrons. The topological polar surface area (TPSA) is 99.8 Å². The molecule has 28 heavy (non-hydrogen) atoms. The standard InChI is InChI=1S/C20H24N4O4/c1-14-4-8-16(9-5-14)21-18(25)12-28-13-19(26)22-23-20(27)15-6-10-17(11-7-15)24(2)3/h4-11H,12-13H2,1-3H3,(H,21,25)(H,22,26)(H,23,27). The Bertz CT molecular complexity index is 817. The zero-order valence-electron chi connectivity index (χ0n) is 16.1. The highest BCUT2D eigenvalue weighted by atomic mass is 16.5. The number of carbonyl (C=O) groups is 3. The van der Waals surface area contributed by atoms with Crippen molar-refractivity contribution in [2.24, 2.45) is 0 Å². The van der Waals surface area contributed by atoms with Gasteiger partial charge < -0.3 is 15.0 Å². The number of carbonyl (C=O) groups excluding carboxylic acids is 3. The van der Waals surface area contributed by atoms with Crippen LogP contribution in [-0.2, 0) is 14.3 Å². The SMILES string of the molecule is Cc1ccc(NC(=O)COCC(=O)NNC(=O)c2ccc(N(C)C)cc2)cc1. The molecule has 0 saturated heterocycles. The Labute approximate surface area is 163 Å². The van der Waals surface area contributed by atoms with Crippen LogP contribution in [0.15, 0.2) is 48.5 Å². The highest BCUT2D eigenvalue weighted by molar-refractivity contribution is 5.96. The van der Waals surface area contributed by atoms with Gasteiger partial charge in [-0.15, -0.1) is 0 Å². The first kappa shape index (κ1) is 20.9. The van der Waals surface area contributed by atoms with Crippen LogP contribution >= 0.6 is 0 Å². The molecule has 0 aliphatic heterocycles. The Morgan fingerprint density at radius 2 is 1.46 bits per heavy atom. The Hall–Kier alpha value is -3.39. The smallest absolute Gasteiger partial charge is 0.269 e. The molecular formula is C20H24N4O4. The second-order valence-electron chi connectivity index (χ2n) is 6.35. The Morgan fingerprint density at radius 3 is 2.07 bits per heavy atom. The van der Waals surface area contributed by atoms with Crippen LogP contribution < -0.4 is 21.1 Å². The van der Waals surface area contributed by atoms with Gasteiger partial charge in [0.2, 0.25) is 5.91 Å². The fourth-order valence-electron chi connectivity index (χ4n) is 2.22. The summed E-state index contributed by atoms with van der Waals surface area (Å²) in [6, 6.07) is 14.2. The summed E-state index contributed by atoms with van der Waals surface area (Å²) in [4.78, 5) is 37.4. The van der Waals surface area contributed by atoms with Crippen LogP contribution in [0.5, 0.6) is 0 Å². The molecule has 0 bridgehead atoms. The minimum absolute atomic E-state index is 0.277. The highest BCUT2D eigenvalue weighted by Crippen LogP contribution is 2.12. The van der Waals surface area contributed by atoms with Gasteiger partial charge in [0.15, 0.2) is 0 Å². The number of rotatable bonds is 7. The molecule has 0 radical (unpaired) electrons. The molecule has 0 aromatic heterocycles. The second kappa shape index (κ2) is 10.1. The van der Waals surface area contributed by atoms with Gasteiger partial charge in [-0.3, -0.25) is 25.2 Å². The monoisotopic (exact) mass is 384 g/mol. The van der Waals surface area contributed by atoms with Gasteiger partial charge >= 0.3 is 0 Å². The molecule has 0 aliphatic rings. The van der Waals surface area contributed by atoms with Crippen LogP contribution in [-0.4, -0.2) is 45.0 Å². The lowest BCUT2D eigenvalue weighted by Gasteiger charge is -2.13. The molecule has 8 heteroatoms. The molecule has 0 spiro atoms. The number of ether oxygens (including phenoxy) is 1. The van der Waals surface area contributed by atoms with E-state index in [0.717, 1.165) is 11.3 Å². The average molecular weight is 384 g/mol. The van der Waals surface area contributed by atoms with Gasteiger partial charge in [-0.2, -0.15) is 0 Å². The first-order valence-corrected chi connectivity index (χ1v) is 8.66. The summed E-state index contributed by atoms with van der Waals surface area (Å²) >= 11 is 0. The number of hydrogen-bond acceptors (Lipinski definition) is 5. The van der Waals surface area contributed by atoms with Gasteiger partial charge in [-0.1, -0.05) is 17.7 Å². The average Bonchev–Trinajstić information content (AvgIpc) is 2.68. The van der Waals surface area contributed by atoms with Gasteiger partial charge in [0.05, 0.1) is 0 Å². The third-order valence-electron chi connectivity index (χ3n) is 3.76. The van der Waals surface area contributed by atoms with Crippen molar-refractivity contribution in [3.8, 4) is 0 Å². The van der Waals surface area contributed by atoms with Gasteiger partial charge in [0, 0.05) is 31.0 Å². The quantitative estimate of drug-likeness (QED) is 0.628. The fraction of sp³-hybridized carbons (Fsp3) is 0.250. The first-order valence-electron chi connectivity index (χ1n) is 8.66. The summed E-state index contributed by atoms with van der Waals surface area (Å²) in [6.07, 6.45) is 0. The minimum atomic E-state index is -0.568. The lowest BCUT2D eigenvalue weighted by Crippen LogP contribution is -2.43. The van der Waals surface area contributed by atoms with Crippen molar-refractivity contribution in [2.45, 2.75) is 6.92 Å². The number of amides is 3. The molecule has 0 atom stereocenters. The summed E-state index contributed by atoms with van der Waals surface area (Å²) in [5.41, 5.74) is 7.64. The van der Waals surface area contributed by atoms with E-state index >= 15 is 0 Å². The van der Waals surface area contributed by atoms with Crippen molar-refractivity contribution in [1.82, 2.24) is 10.9 Å². The van der Waals surface area contributed by atoms with Crippen molar-refractivity contribution >= 4 is 29.1 Å². The van der Waals surface area contributed by atoms with E-state index in [2.05, 4.69) is 16.2 Å². The van der Waals surface area contributed by atoms with E-state index in [0.29, 0.717) is 11.3 Å². The van der Waals surface area contributed by atoms with E-state index in [1.165, 1.54) is 0 Å².